The van der Waals surface area contributed by atoms with E-state index in [4.69, 9.17) is 4.74 Å². The van der Waals surface area contributed by atoms with E-state index in [1.165, 1.54) is 12.1 Å². The van der Waals surface area contributed by atoms with Gasteiger partial charge in [0.15, 0.2) is 0 Å². The lowest BCUT2D eigenvalue weighted by atomic mass is 9.95. The first-order chi connectivity index (χ1) is 11.6. The number of carbonyl (C=O) groups is 1. The number of amides is 1. The van der Waals surface area contributed by atoms with Gasteiger partial charge in [-0.3, -0.25) is 4.79 Å². The molecule has 2 aromatic rings. The first kappa shape index (κ1) is 16.5. The van der Waals surface area contributed by atoms with Gasteiger partial charge in [0.05, 0.1) is 5.41 Å². The van der Waals surface area contributed by atoms with Crippen LogP contribution >= 0.6 is 0 Å². The van der Waals surface area contributed by atoms with Crippen molar-refractivity contribution in [3.8, 4) is 5.75 Å². The highest BCUT2D eigenvalue weighted by atomic mass is 19.1. The van der Waals surface area contributed by atoms with Gasteiger partial charge in [-0.25, -0.2) is 4.39 Å². The van der Waals surface area contributed by atoms with Crippen molar-refractivity contribution in [2.75, 3.05) is 13.2 Å². The lowest BCUT2D eigenvalue weighted by Gasteiger charge is -2.18. The highest BCUT2D eigenvalue weighted by Gasteiger charge is 2.51. The molecule has 0 heterocycles. The molecule has 0 aliphatic heterocycles. The van der Waals surface area contributed by atoms with Gasteiger partial charge in [0, 0.05) is 6.54 Å². The molecule has 3 rings (SSSR count). The summed E-state index contributed by atoms with van der Waals surface area (Å²) in [5.74, 6) is 0.226. The van der Waals surface area contributed by atoms with Crippen LogP contribution in [0.1, 0.15) is 18.4 Å². The van der Waals surface area contributed by atoms with Crippen LogP contribution in [0.4, 0.5) is 4.39 Å². The lowest BCUT2D eigenvalue weighted by molar-refractivity contribution is -0.124. The molecule has 0 saturated heterocycles. The van der Waals surface area contributed by atoms with Crippen LogP contribution in [0, 0.1) is 5.82 Å². The number of hydrogen-bond acceptors (Lipinski definition) is 3. The van der Waals surface area contributed by atoms with Crippen molar-refractivity contribution in [1.29, 1.82) is 0 Å². The molecule has 2 aromatic carbocycles. The zero-order valence-corrected chi connectivity index (χ0v) is 13.2. The first-order valence-corrected chi connectivity index (χ1v) is 8.00. The van der Waals surface area contributed by atoms with E-state index >= 15 is 0 Å². The van der Waals surface area contributed by atoms with Gasteiger partial charge < -0.3 is 15.2 Å². The number of rotatable bonds is 7. The maximum atomic E-state index is 13.0. The fraction of sp³-hybridized carbons (Fsp3) is 0.316. The van der Waals surface area contributed by atoms with Gasteiger partial charge >= 0.3 is 0 Å². The molecule has 126 valence electrons. The third-order valence-electron chi connectivity index (χ3n) is 4.27. The van der Waals surface area contributed by atoms with Gasteiger partial charge in [0.2, 0.25) is 5.91 Å². The van der Waals surface area contributed by atoms with Crippen LogP contribution in [0.15, 0.2) is 54.6 Å². The molecule has 1 saturated carbocycles. The normalized spacial score (nSPS) is 16.2. The number of hydrogen-bond donors (Lipinski definition) is 2. The maximum absolute atomic E-state index is 13.0. The van der Waals surface area contributed by atoms with E-state index in [1.807, 2.05) is 18.2 Å². The van der Waals surface area contributed by atoms with Crippen molar-refractivity contribution >= 4 is 5.91 Å². The predicted molar refractivity (Wildman–Crippen MR) is 88.3 cm³/mol. The summed E-state index contributed by atoms with van der Waals surface area (Å²) >= 11 is 0. The van der Waals surface area contributed by atoms with Crippen LogP contribution < -0.4 is 10.1 Å². The van der Waals surface area contributed by atoms with Gasteiger partial charge in [-0.1, -0.05) is 30.3 Å². The SMILES string of the molecule is O=C(NC[C@H](O)COc1ccccc1)C1(c2ccc(F)cc2)CC1. The van der Waals surface area contributed by atoms with Crippen molar-refractivity contribution in [1.82, 2.24) is 5.32 Å². The highest BCUT2D eigenvalue weighted by molar-refractivity contribution is 5.91. The summed E-state index contributed by atoms with van der Waals surface area (Å²) in [6.45, 7) is 0.225. The van der Waals surface area contributed by atoms with Crippen molar-refractivity contribution in [3.05, 3.63) is 66.0 Å². The molecular formula is C19H20FNO3. The van der Waals surface area contributed by atoms with Gasteiger partial charge in [0.25, 0.3) is 0 Å². The van der Waals surface area contributed by atoms with E-state index in [1.54, 1.807) is 24.3 Å². The molecule has 2 N–H and O–H groups in total. The molecule has 1 amide bonds. The predicted octanol–water partition coefficient (Wildman–Crippen LogP) is 2.41. The van der Waals surface area contributed by atoms with Crippen molar-refractivity contribution < 1.29 is 19.0 Å². The van der Waals surface area contributed by atoms with Crippen molar-refractivity contribution in [2.45, 2.75) is 24.4 Å². The monoisotopic (exact) mass is 329 g/mol. The van der Waals surface area contributed by atoms with Crippen LogP contribution in [0.2, 0.25) is 0 Å². The standard InChI is InChI=1S/C19H20FNO3/c20-15-8-6-14(7-9-15)19(10-11-19)18(23)21-12-16(22)13-24-17-4-2-1-3-5-17/h1-9,16,22H,10-13H2,(H,21,23)/t16-/m0/s1. The summed E-state index contributed by atoms with van der Waals surface area (Å²) in [4.78, 5) is 12.4. The van der Waals surface area contributed by atoms with Gasteiger partial charge in [0.1, 0.15) is 24.3 Å². The minimum Gasteiger partial charge on any atom is -0.491 e. The second-order valence-corrected chi connectivity index (χ2v) is 6.08. The Morgan fingerprint density at radius 3 is 2.46 bits per heavy atom. The number of aliphatic hydroxyl groups is 1. The summed E-state index contributed by atoms with van der Waals surface area (Å²) in [6, 6.07) is 15.2. The number of benzene rings is 2. The Bertz CT molecular complexity index is 684. The zero-order chi connectivity index (χ0) is 17.0. The molecule has 0 radical (unpaired) electrons. The Balaban J connectivity index is 1.49. The number of para-hydroxylation sites is 1. The quantitative estimate of drug-likeness (QED) is 0.820. The summed E-state index contributed by atoms with van der Waals surface area (Å²) in [6.07, 6.45) is 0.681. The second kappa shape index (κ2) is 7.01. The Kier molecular flexibility index (Phi) is 4.81. The zero-order valence-electron chi connectivity index (χ0n) is 13.2. The Hall–Kier alpha value is -2.40. The second-order valence-electron chi connectivity index (χ2n) is 6.08. The Morgan fingerprint density at radius 2 is 1.83 bits per heavy atom. The van der Waals surface area contributed by atoms with E-state index in [-0.39, 0.29) is 24.9 Å². The molecule has 1 aliphatic carbocycles. The number of halogens is 1. The van der Waals surface area contributed by atoms with Crippen LogP contribution in [0.3, 0.4) is 0 Å². The third-order valence-corrected chi connectivity index (χ3v) is 4.27. The smallest absolute Gasteiger partial charge is 0.230 e. The average molecular weight is 329 g/mol. The lowest BCUT2D eigenvalue weighted by Crippen LogP contribution is -2.40. The van der Waals surface area contributed by atoms with Crippen LogP contribution in [0.5, 0.6) is 5.75 Å². The number of aliphatic hydroxyl groups excluding tert-OH is 1. The van der Waals surface area contributed by atoms with E-state index in [0.717, 1.165) is 18.4 Å². The minimum absolute atomic E-state index is 0.105. The van der Waals surface area contributed by atoms with E-state index in [2.05, 4.69) is 5.32 Å². The third kappa shape index (κ3) is 3.74. The Labute approximate surface area is 140 Å². The molecule has 0 unspecified atom stereocenters. The maximum Gasteiger partial charge on any atom is 0.230 e. The van der Waals surface area contributed by atoms with Gasteiger partial charge in [-0.15, -0.1) is 0 Å². The largest absolute Gasteiger partial charge is 0.491 e. The number of carbonyl (C=O) groups excluding carboxylic acids is 1. The summed E-state index contributed by atoms with van der Waals surface area (Å²) in [5.41, 5.74) is 0.240. The van der Waals surface area contributed by atoms with E-state index in [0.29, 0.717) is 5.75 Å². The number of nitrogens with one attached hydrogen (secondary N) is 1. The van der Waals surface area contributed by atoms with E-state index in [9.17, 15) is 14.3 Å². The molecule has 0 aromatic heterocycles. The summed E-state index contributed by atoms with van der Waals surface area (Å²) in [5, 5.41) is 12.7. The van der Waals surface area contributed by atoms with Crippen molar-refractivity contribution in [2.24, 2.45) is 0 Å². The molecule has 0 spiro atoms. The first-order valence-electron chi connectivity index (χ1n) is 8.00. The van der Waals surface area contributed by atoms with Gasteiger partial charge in [-0.05, 0) is 42.7 Å². The molecule has 0 bridgehead atoms. The van der Waals surface area contributed by atoms with E-state index < -0.39 is 11.5 Å². The van der Waals surface area contributed by atoms with Gasteiger partial charge in [-0.2, -0.15) is 0 Å². The Morgan fingerprint density at radius 1 is 1.17 bits per heavy atom. The fourth-order valence-corrected chi connectivity index (χ4v) is 2.69. The van der Waals surface area contributed by atoms with Crippen LogP contribution in [0.25, 0.3) is 0 Å². The summed E-state index contributed by atoms with van der Waals surface area (Å²) in [7, 11) is 0. The molecule has 24 heavy (non-hydrogen) atoms. The van der Waals surface area contributed by atoms with Crippen molar-refractivity contribution in [3.63, 3.8) is 0 Å². The minimum atomic E-state index is -0.793. The molecular weight excluding hydrogens is 309 g/mol. The molecule has 1 atom stereocenters. The topological polar surface area (TPSA) is 58.6 Å². The fourth-order valence-electron chi connectivity index (χ4n) is 2.69. The van der Waals surface area contributed by atoms with Crippen LogP contribution in [-0.2, 0) is 10.2 Å². The highest BCUT2D eigenvalue weighted by Crippen LogP contribution is 2.48. The molecule has 1 fully saturated rings. The van der Waals surface area contributed by atoms with Crippen LogP contribution in [-0.4, -0.2) is 30.3 Å². The summed E-state index contributed by atoms with van der Waals surface area (Å²) < 4.78 is 18.5. The number of ether oxygens (including phenoxy) is 1. The molecule has 5 heteroatoms. The molecule has 4 nitrogen and oxygen atoms in total. The molecule has 1 aliphatic rings. The average Bonchev–Trinajstić information content (AvgIpc) is 3.41.